The molecule has 0 bridgehead atoms. The number of hydrogen-bond acceptors (Lipinski definition) is 4. The number of aliphatic hydroxyl groups is 1. The molecule has 6 nitrogen and oxygen atoms in total. The van der Waals surface area contributed by atoms with Crippen molar-refractivity contribution in [3.8, 4) is 5.69 Å². The van der Waals surface area contributed by atoms with Crippen LogP contribution in [0.1, 0.15) is 26.8 Å². The molecule has 2 atom stereocenters. The lowest BCUT2D eigenvalue weighted by Gasteiger charge is -2.22. The Bertz CT molecular complexity index is 617. The molecule has 0 amide bonds. The highest BCUT2D eigenvalue weighted by Crippen LogP contribution is 2.19. The Hall–Kier alpha value is -2.08. The predicted molar refractivity (Wildman–Crippen MR) is 77.8 cm³/mol. The third kappa shape index (κ3) is 2.60. The van der Waals surface area contributed by atoms with Crippen molar-refractivity contribution in [2.75, 3.05) is 5.73 Å². The fraction of sp³-hybridized carbons (Fsp3) is 0.429. The van der Waals surface area contributed by atoms with Gasteiger partial charge in [0.1, 0.15) is 6.33 Å². The molecule has 0 aliphatic heterocycles. The summed E-state index contributed by atoms with van der Waals surface area (Å²) in [5.41, 5.74) is 6.70. The van der Waals surface area contributed by atoms with Crippen LogP contribution in [-0.2, 0) is 0 Å². The predicted octanol–water partition coefficient (Wildman–Crippen LogP) is 1.19. The Labute approximate surface area is 117 Å². The minimum Gasteiger partial charge on any atom is -0.399 e. The summed E-state index contributed by atoms with van der Waals surface area (Å²) in [6, 6.07) is 6.63. The van der Waals surface area contributed by atoms with Gasteiger partial charge in [-0.05, 0) is 37.1 Å². The first-order valence-corrected chi connectivity index (χ1v) is 6.62. The molecule has 0 aliphatic rings. The van der Waals surface area contributed by atoms with Crippen LogP contribution in [0.3, 0.4) is 0 Å². The van der Waals surface area contributed by atoms with Gasteiger partial charge in [-0.25, -0.2) is 14.0 Å². The van der Waals surface area contributed by atoms with Crippen molar-refractivity contribution < 1.29 is 5.11 Å². The molecule has 108 valence electrons. The zero-order valence-corrected chi connectivity index (χ0v) is 11.9. The zero-order chi connectivity index (χ0) is 14.9. The highest BCUT2D eigenvalue weighted by atomic mass is 16.3. The molecule has 1 heterocycles. The first-order chi connectivity index (χ1) is 9.41. The van der Waals surface area contributed by atoms with E-state index in [1.54, 1.807) is 31.2 Å². The number of nitrogen functional groups attached to an aromatic ring is 1. The van der Waals surface area contributed by atoms with Crippen LogP contribution in [0.4, 0.5) is 5.69 Å². The van der Waals surface area contributed by atoms with Gasteiger partial charge in [-0.15, -0.1) is 0 Å². The summed E-state index contributed by atoms with van der Waals surface area (Å²) in [4.78, 5) is 12.4. The normalized spacial score (nSPS) is 14.4. The van der Waals surface area contributed by atoms with E-state index in [2.05, 4.69) is 5.10 Å². The molecular weight excluding hydrogens is 256 g/mol. The molecule has 6 heteroatoms. The van der Waals surface area contributed by atoms with Gasteiger partial charge in [-0.1, -0.05) is 13.8 Å². The van der Waals surface area contributed by atoms with E-state index in [9.17, 15) is 9.90 Å². The van der Waals surface area contributed by atoms with E-state index in [-0.39, 0.29) is 17.6 Å². The lowest BCUT2D eigenvalue weighted by molar-refractivity contribution is 0.0934. The number of aromatic nitrogens is 3. The Balaban J connectivity index is 2.46. The Morgan fingerprint density at radius 2 is 1.80 bits per heavy atom. The second-order valence-electron chi connectivity index (χ2n) is 5.29. The number of benzene rings is 1. The Morgan fingerprint density at radius 1 is 1.20 bits per heavy atom. The van der Waals surface area contributed by atoms with Crippen LogP contribution in [0.2, 0.25) is 0 Å². The maximum Gasteiger partial charge on any atom is 0.350 e. The van der Waals surface area contributed by atoms with E-state index in [4.69, 9.17) is 5.73 Å². The smallest absolute Gasteiger partial charge is 0.350 e. The van der Waals surface area contributed by atoms with Crippen molar-refractivity contribution in [3.63, 3.8) is 0 Å². The Kier molecular flexibility index (Phi) is 3.94. The molecule has 2 unspecified atom stereocenters. The third-order valence-electron chi connectivity index (χ3n) is 3.32. The molecule has 1 aromatic heterocycles. The van der Waals surface area contributed by atoms with Crippen LogP contribution in [0.25, 0.3) is 5.69 Å². The second kappa shape index (κ2) is 5.50. The SMILES string of the molecule is CC(C)C(C(C)O)n1ncn(-c2ccc(N)cc2)c1=O. The van der Waals surface area contributed by atoms with Gasteiger partial charge in [-0.2, -0.15) is 5.10 Å². The van der Waals surface area contributed by atoms with E-state index >= 15 is 0 Å². The minimum atomic E-state index is -0.650. The Morgan fingerprint density at radius 3 is 2.30 bits per heavy atom. The number of anilines is 1. The lowest BCUT2D eigenvalue weighted by atomic mass is 10.00. The number of nitrogens with zero attached hydrogens (tertiary/aromatic N) is 3. The summed E-state index contributed by atoms with van der Waals surface area (Å²) in [5, 5.41) is 14.0. The summed E-state index contributed by atoms with van der Waals surface area (Å²) >= 11 is 0. The summed E-state index contributed by atoms with van der Waals surface area (Å²) < 4.78 is 2.78. The van der Waals surface area contributed by atoms with Crippen LogP contribution in [0.5, 0.6) is 0 Å². The monoisotopic (exact) mass is 276 g/mol. The molecule has 2 aromatic rings. The van der Waals surface area contributed by atoms with Gasteiger partial charge < -0.3 is 10.8 Å². The average Bonchev–Trinajstić information content (AvgIpc) is 2.72. The van der Waals surface area contributed by atoms with Gasteiger partial charge in [0.2, 0.25) is 0 Å². The van der Waals surface area contributed by atoms with E-state index in [0.29, 0.717) is 11.4 Å². The largest absolute Gasteiger partial charge is 0.399 e. The fourth-order valence-corrected chi connectivity index (χ4v) is 2.38. The van der Waals surface area contributed by atoms with E-state index in [0.717, 1.165) is 0 Å². The first-order valence-electron chi connectivity index (χ1n) is 6.62. The standard InChI is InChI=1S/C14H20N4O2/c1-9(2)13(10(3)19)18-14(20)17(8-16-18)12-6-4-11(15)5-7-12/h4-10,13,19H,15H2,1-3H3. The number of hydrogen-bond donors (Lipinski definition) is 2. The topological polar surface area (TPSA) is 86.1 Å². The lowest BCUT2D eigenvalue weighted by Crippen LogP contribution is -2.35. The summed E-state index contributed by atoms with van der Waals surface area (Å²) in [6.07, 6.45) is 0.813. The number of aliphatic hydroxyl groups excluding tert-OH is 1. The van der Waals surface area contributed by atoms with Gasteiger partial charge in [0.05, 0.1) is 17.8 Å². The van der Waals surface area contributed by atoms with Crippen LogP contribution in [0.15, 0.2) is 35.4 Å². The molecule has 2 rings (SSSR count). The van der Waals surface area contributed by atoms with Crippen LogP contribution in [-0.4, -0.2) is 25.6 Å². The van der Waals surface area contributed by atoms with Gasteiger partial charge in [-0.3, -0.25) is 0 Å². The molecule has 0 fully saturated rings. The maximum atomic E-state index is 12.4. The van der Waals surface area contributed by atoms with Crippen LogP contribution in [0, 0.1) is 5.92 Å². The molecule has 0 saturated heterocycles. The van der Waals surface area contributed by atoms with E-state index < -0.39 is 6.10 Å². The molecule has 0 spiro atoms. The van der Waals surface area contributed by atoms with Crippen molar-refractivity contribution in [1.29, 1.82) is 0 Å². The van der Waals surface area contributed by atoms with E-state index in [1.807, 2.05) is 13.8 Å². The maximum absolute atomic E-state index is 12.4. The highest BCUT2D eigenvalue weighted by molar-refractivity contribution is 5.44. The zero-order valence-electron chi connectivity index (χ0n) is 11.9. The minimum absolute atomic E-state index is 0.0995. The van der Waals surface area contributed by atoms with Gasteiger partial charge in [0.25, 0.3) is 0 Å². The summed E-state index contributed by atoms with van der Waals surface area (Å²) in [7, 11) is 0. The number of nitrogens with two attached hydrogens (primary N) is 1. The van der Waals surface area contributed by atoms with Crippen molar-refractivity contribution in [1.82, 2.24) is 14.3 Å². The average molecular weight is 276 g/mol. The van der Waals surface area contributed by atoms with E-state index in [1.165, 1.54) is 15.6 Å². The van der Waals surface area contributed by atoms with Crippen molar-refractivity contribution in [2.45, 2.75) is 32.9 Å². The molecule has 0 aliphatic carbocycles. The second-order valence-corrected chi connectivity index (χ2v) is 5.29. The fourth-order valence-electron chi connectivity index (χ4n) is 2.38. The highest BCUT2D eigenvalue weighted by Gasteiger charge is 2.24. The molecule has 20 heavy (non-hydrogen) atoms. The van der Waals surface area contributed by atoms with Gasteiger partial charge in [0, 0.05) is 5.69 Å². The summed E-state index contributed by atoms with van der Waals surface area (Å²) in [6.45, 7) is 5.57. The third-order valence-corrected chi connectivity index (χ3v) is 3.32. The molecule has 0 radical (unpaired) electrons. The van der Waals surface area contributed by atoms with Gasteiger partial charge in [0.15, 0.2) is 0 Å². The van der Waals surface area contributed by atoms with Gasteiger partial charge >= 0.3 is 5.69 Å². The van der Waals surface area contributed by atoms with Crippen molar-refractivity contribution in [3.05, 3.63) is 41.1 Å². The quantitative estimate of drug-likeness (QED) is 0.821. The van der Waals surface area contributed by atoms with Crippen LogP contribution >= 0.6 is 0 Å². The number of rotatable bonds is 4. The van der Waals surface area contributed by atoms with Crippen molar-refractivity contribution >= 4 is 5.69 Å². The molecule has 0 saturated carbocycles. The van der Waals surface area contributed by atoms with Crippen LogP contribution < -0.4 is 11.4 Å². The molecule has 3 N–H and O–H groups in total. The summed E-state index contributed by atoms with van der Waals surface area (Å²) in [5.74, 6) is 0.0995. The molecule has 1 aromatic carbocycles. The molecular formula is C14H20N4O2. The van der Waals surface area contributed by atoms with Crippen molar-refractivity contribution in [2.24, 2.45) is 5.92 Å². The first kappa shape index (κ1) is 14.3.